The van der Waals surface area contributed by atoms with Crippen LogP contribution in [0.25, 0.3) is 0 Å². The Labute approximate surface area is 120 Å². The Balaban J connectivity index is 2.20. The third-order valence-electron chi connectivity index (χ3n) is 2.65. The van der Waals surface area contributed by atoms with E-state index < -0.39 is 0 Å². The van der Waals surface area contributed by atoms with Crippen LogP contribution in [0.4, 0.5) is 0 Å². The van der Waals surface area contributed by atoms with Gasteiger partial charge in [0.05, 0.1) is 6.61 Å². The van der Waals surface area contributed by atoms with E-state index in [1.807, 2.05) is 25.1 Å². The molecule has 0 spiro atoms. The molecule has 4 heteroatoms. The number of ether oxygens (including phenoxy) is 1. The zero-order valence-corrected chi connectivity index (χ0v) is 12.6. The number of amides is 1. The van der Waals surface area contributed by atoms with E-state index in [1.165, 1.54) is 0 Å². The van der Waals surface area contributed by atoms with Crippen molar-refractivity contribution >= 4 is 17.5 Å². The van der Waals surface area contributed by atoms with E-state index in [2.05, 4.69) is 19.2 Å². The van der Waals surface area contributed by atoms with Crippen molar-refractivity contribution < 1.29 is 9.53 Å². The molecule has 0 aliphatic heterocycles. The van der Waals surface area contributed by atoms with Crippen molar-refractivity contribution in [2.45, 2.75) is 33.6 Å². The second kappa shape index (κ2) is 8.05. The van der Waals surface area contributed by atoms with Gasteiger partial charge in [-0.3, -0.25) is 4.79 Å². The monoisotopic (exact) mass is 283 g/mol. The summed E-state index contributed by atoms with van der Waals surface area (Å²) in [5.74, 6) is 1.37. The fraction of sp³-hybridized carbons (Fsp3) is 0.533. The Kier molecular flexibility index (Phi) is 6.71. The number of aryl methyl sites for hydroxylation is 1. The largest absolute Gasteiger partial charge is 0.494 e. The number of hydrogen-bond donors (Lipinski definition) is 1. The van der Waals surface area contributed by atoms with Gasteiger partial charge in [-0.05, 0) is 43.0 Å². The fourth-order valence-electron chi connectivity index (χ4n) is 1.54. The molecule has 0 radical (unpaired) electrons. The average molecular weight is 284 g/mol. The smallest absolute Gasteiger partial charge is 0.220 e. The maximum absolute atomic E-state index is 11.5. The highest BCUT2D eigenvalue weighted by Gasteiger charge is 2.03. The Bertz CT molecular complexity index is 419. The average Bonchev–Trinajstić information content (AvgIpc) is 2.36. The summed E-state index contributed by atoms with van der Waals surface area (Å²) in [4.78, 5) is 11.5. The van der Waals surface area contributed by atoms with Crippen LogP contribution < -0.4 is 10.1 Å². The van der Waals surface area contributed by atoms with E-state index in [0.29, 0.717) is 25.4 Å². The van der Waals surface area contributed by atoms with Crippen molar-refractivity contribution in [3.63, 3.8) is 0 Å². The zero-order valence-electron chi connectivity index (χ0n) is 11.8. The van der Waals surface area contributed by atoms with Gasteiger partial charge in [0.2, 0.25) is 5.91 Å². The summed E-state index contributed by atoms with van der Waals surface area (Å²) < 4.78 is 5.58. The first-order valence-corrected chi connectivity index (χ1v) is 7.02. The molecule has 0 bridgehead atoms. The van der Waals surface area contributed by atoms with Gasteiger partial charge in [-0.1, -0.05) is 25.4 Å². The highest BCUT2D eigenvalue weighted by atomic mass is 35.5. The Morgan fingerprint density at radius 3 is 2.79 bits per heavy atom. The molecule has 0 fully saturated rings. The van der Waals surface area contributed by atoms with Crippen LogP contribution in [0.15, 0.2) is 18.2 Å². The molecule has 0 aromatic heterocycles. The molecule has 1 rings (SSSR count). The van der Waals surface area contributed by atoms with Crippen LogP contribution in [0.5, 0.6) is 5.75 Å². The highest BCUT2D eigenvalue weighted by molar-refractivity contribution is 6.31. The maximum Gasteiger partial charge on any atom is 0.220 e. The number of halogens is 1. The summed E-state index contributed by atoms with van der Waals surface area (Å²) in [6, 6.07) is 5.57. The first kappa shape index (κ1) is 15.8. The van der Waals surface area contributed by atoms with Crippen LogP contribution in [0.3, 0.4) is 0 Å². The molecule has 1 aromatic carbocycles. The number of carbonyl (C=O) groups excluding carboxylic acids is 1. The molecule has 19 heavy (non-hydrogen) atoms. The van der Waals surface area contributed by atoms with Crippen LogP contribution in [-0.2, 0) is 4.79 Å². The number of hydrogen-bond acceptors (Lipinski definition) is 2. The van der Waals surface area contributed by atoms with E-state index >= 15 is 0 Å². The van der Waals surface area contributed by atoms with Gasteiger partial charge >= 0.3 is 0 Å². The molecule has 0 saturated carbocycles. The SMILES string of the molecule is Cc1cc(OCCCC(=O)NCC(C)C)ccc1Cl. The van der Waals surface area contributed by atoms with E-state index in [9.17, 15) is 4.79 Å². The molecule has 106 valence electrons. The fourth-order valence-corrected chi connectivity index (χ4v) is 1.65. The molecule has 1 aromatic rings. The number of benzene rings is 1. The van der Waals surface area contributed by atoms with E-state index in [-0.39, 0.29) is 5.91 Å². The van der Waals surface area contributed by atoms with Crippen molar-refractivity contribution in [2.24, 2.45) is 5.92 Å². The lowest BCUT2D eigenvalue weighted by molar-refractivity contribution is -0.121. The molecule has 0 aliphatic rings. The van der Waals surface area contributed by atoms with Crippen LogP contribution in [0.1, 0.15) is 32.3 Å². The minimum atomic E-state index is 0.0876. The molecule has 0 aliphatic carbocycles. The number of rotatable bonds is 7. The number of nitrogens with one attached hydrogen (secondary N) is 1. The predicted octanol–water partition coefficient (Wildman–Crippen LogP) is 3.58. The zero-order chi connectivity index (χ0) is 14.3. The summed E-state index contributed by atoms with van der Waals surface area (Å²) in [7, 11) is 0. The summed E-state index contributed by atoms with van der Waals surface area (Å²) in [5, 5.41) is 3.62. The maximum atomic E-state index is 11.5. The second-order valence-corrected chi connectivity index (χ2v) is 5.47. The van der Waals surface area contributed by atoms with Crippen LogP contribution in [0, 0.1) is 12.8 Å². The van der Waals surface area contributed by atoms with Crippen LogP contribution >= 0.6 is 11.6 Å². The molecule has 3 nitrogen and oxygen atoms in total. The molecule has 0 heterocycles. The second-order valence-electron chi connectivity index (χ2n) is 5.06. The van der Waals surface area contributed by atoms with Crippen molar-refractivity contribution in [1.82, 2.24) is 5.32 Å². The van der Waals surface area contributed by atoms with Crippen molar-refractivity contribution in [2.75, 3.05) is 13.2 Å². The van der Waals surface area contributed by atoms with Gasteiger partial charge in [-0.25, -0.2) is 0 Å². The highest BCUT2D eigenvalue weighted by Crippen LogP contribution is 2.21. The van der Waals surface area contributed by atoms with Crippen molar-refractivity contribution in [3.8, 4) is 5.75 Å². The molecule has 0 atom stereocenters. The third kappa shape index (κ3) is 6.48. The van der Waals surface area contributed by atoms with Crippen molar-refractivity contribution in [1.29, 1.82) is 0 Å². The van der Waals surface area contributed by atoms with Gasteiger partial charge in [0.1, 0.15) is 5.75 Å². The van der Waals surface area contributed by atoms with E-state index in [0.717, 1.165) is 22.9 Å². The van der Waals surface area contributed by atoms with Gasteiger partial charge in [0.15, 0.2) is 0 Å². The minimum absolute atomic E-state index is 0.0876. The summed E-state index contributed by atoms with van der Waals surface area (Å²) in [5.41, 5.74) is 0.994. The minimum Gasteiger partial charge on any atom is -0.494 e. The lowest BCUT2D eigenvalue weighted by Gasteiger charge is -2.09. The van der Waals surface area contributed by atoms with Gasteiger partial charge in [0.25, 0.3) is 0 Å². The topological polar surface area (TPSA) is 38.3 Å². The number of carbonyl (C=O) groups is 1. The lowest BCUT2D eigenvalue weighted by Crippen LogP contribution is -2.27. The van der Waals surface area contributed by atoms with E-state index in [1.54, 1.807) is 0 Å². The molecular weight excluding hydrogens is 262 g/mol. The normalized spacial score (nSPS) is 10.6. The van der Waals surface area contributed by atoms with Crippen LogP contribution in [0.2, 0.25) is 5.02 Å². The molecule has 0 unspecified atom stereocenters. The quantitative estimate of drug-likeness (QED) is 0.777. The van der Waals surface area contributed by atoms with Gasteiger partial charge in [0, 0.05) is 18.0 Å². The Hall–Kier alpha value is -1.22. The first-order valence-electron chi connectivity index (χ1n) is 6.64. The molecule has 1 N–H and O–H groups in total. The van der Waals surface area contributed by atoms with Crippen LogP contribution in [-0.4, -0.2) is 19.1 Å². The standard InChI is InChI=1S/C15H22ClNO2/c1-11(2)10-17-15(18)5-4-8-19-13-6-7-14(16)12(3)9-13/h6-7,9,11H,4-5,8,10H2,1-3H3,(H,17,18). The summed E-state index contributed by atoms with van der Waals surface area (Å²) >= 11 is 5.94. The summed E-state index contributed by atoms with van der Waals surface area (Å²) in [6.07, 6.45) is 1.21. The van der Waals surface area contributed by atoms with Gasteiger partial charge in [-0.15, -0.1) is 0 Å². The van der Waals surface area contributed by atoms with Crippen molar-refractivity contribution in [3.05, 3.63) is 28.8 Å². The predicted molar refractivity (Wildman–Crippen MR) is 78.8 cm³/mol. The molecule has 0 saturated heterocycles. The Morgan fingerprint density at radius 2 is 2.16 bits per heavy atom. The molecular formula is C15H22ClNO2. The Morgan fingerprint density at radius 1 is 1.42 bits per heavy atom. The van der Waals surface area contributed by atoms with Gasteiger partial charge < -0.3 is 10.1 Å². The summed E-state index contributed by atoms with van der Waals surface area (Å²) in [6.45, 7) is 7.36. The van der Waals surface area contributed by atoms with E-state index in [4.69, 9.17) is 16.3 Å². The third-order valence-corrected chi connectivity index (χ3v) is 3.08. The molecule has 1 amide bonds. The lowest BCUT2D eigenvalue weighted by atomic mass is 10.2. The first-order chi connectivity index (χ1) is 8.99. The van der Waals surface area contributed by atoms with Gasteiger partial charge in [-0.2, -0.15) is 0 Å².